The first-order valence-corrected chi connectivity index (χ1v) is 9.63. The van der Waals surface area contributed by atoms with Crippen LogP contribution in [0.5, 0.6) is 0 Å². The molecule has 154 valence electrons. The largest absolute Gasteiger partial charge is 0.465 e. The number of benzene rings is 2. The van der Waals surface area contributed by atoms with Gasteiger partial charge in [0, 0.05) is 5.69 Å². The molecule has 0 fully saturated rings. The molecule has 0 saturated carbocycles. The van der Waals surface area contributed by atoms with Crippen molar-refractivity contribution in [2.24, 2.45) is 0 Å². The van der Waals surface area contributed by atoms with Gasteiger partial charge in [-0.2, -0.15) is 0 Å². The Kier molecular flexibility index (Phi) is 6.48. The number of hydrogen-bond acceptors (Lipinski definition) is 8. The summed E-state index contributed by atoms with van der Waals surface area (Å²) in [5.41, 5.74) is 0.631. The second-order valence-corrected chi connectivity index (χ2v) is 6.97. The smallest absolute Gasteiger partial charge is 0.337 e. The lowest BCUT2D eigenvalue weighted by Crippen LogP contribution is -2.17. The topological polar surface area (TPSA) is 127 Å². The van der Waals surface area contributed by atoms with Crippen LogP contribution in [0, 0.1) is 0 Å². The van der Waals surface area contributed by atoms with Gasteiger partial charge >= 0.3 is 11.9 Å². The summed E-state index contributed by atoms with van der Waals surface area (Å²) < 4.78 is 9.33. The van der Waals surface area contributed by atoms with Gasteiger partial charge in [0.1, 0.15) is 0 Å². The van der Waals surface area contributed by atoms with Gasteiger partial charge in [-0.1, -0.05) is 23.9 Å². The van der Waals surface area contributed by atoms with Crippen molar-refractivity contribution < 1.29 is 23.9 Å². The van der Waals surface area contributed by atoms with Crippen LogP contribution in [-0.4, -0.2) is 47.8 Å². The molecule has 0 bridgehead atoms. The Bertz CT molecular complexity index is 1160. The van der Waals surface area contributed by atoms with Gasteiger partial charge in [0.25, 0.3) is 5.56 Å². The molecule has 0 saturated heterocycles. The molecule has 0 unspecified atom stereocenters. The predicted octanol–water partition coefficient (Wildman–Crippen LogP) is 2.23. The molecule has 3 rings (SSSR count). The number of hydrogen-bond donors (Lipinski definition) is 2. The average molecular weight is 427 g/mol. The van der Waals surface area contributed by atoms with Crippen LogP contribution in [0.1, 0.15) is 20.7 Å². The molecule has 0 aliphatic carbocycles. The zero-order valence-electron chi connectivity index (χ0n) is 16.1. The maximum Gasteiger partial charge on any atom is 0.337 e. The number of ether oxygens (including phenoxy) is 2. The zero-order valence-corrected chi connectivity index (χ0v) is 16.9. The normalized spacial score (nSPS) is 10.5. The Morgan fingerprint density at radius 3 is 2.30 bits per heavy atom. The quantitative estimate of drug-likeness (QED) is 0.348. The molecule has 0 aliphatic heterocycles. The number of para-hydroxylation sites is 1. The van der Waals surface area contributed by atoms with E-state index in [1.54, 1.807) is 24.3 Å². The molecule has 1 aromatic heterocycles. The Hall–Kier alpha value is -3.66. The van der Waals surface area contributed by atoms with Gasteiger partial charge < -0.3 is 19.8 Å². The van der Waals surface area contributed by atoms with Crippen LogP contribution < -0.4 is 10.9 Å². The molecule has 0 radical (unpaired) electrons. The van der Waals surface area contributed by atoms with Crippen LogP contribution in [0.15, 0.2) is 52.4 Å². The van der Waals surface area contributed by atoms with Gasteiger partial charge in [-0.05, 0) is 30.3 Å². The molecule has 9 nitrogen and oxygen atoms in total. The lowest BCUT2D eigenvalue weighted by atomic mass is 10.1. The van der Waals surface area contributed by atoms with E-state index in [4.69, 9.17) is 0 Å². The van der Waals surface area contributed by atoms with Crippen LogP contribution in [0.4, 0.5) is 5.69 Å². The fourth-order valence-corrected chi connectivity index (χ4v) is 3.30. The maximum absolute atomic E-state index is 12.4. The first kappa shape index (κ1) is 21.1. The van der Waals surface area contributed by atoms with Crippen molar-refractivity contribution in [3.05, 3.63) is 63.9 Å². The first-order chi connectivity index (χ1) is 14.4. The summed E-state index contributed by atoms with van der Waals surface area (Å²) in [5.74, 6) is -1.81. The van der Waals surface area contributed by atoms with Crippen molar-refractivity contribution >= 4 is 46.2 Å². The lowest BCUT2D eigenvalue weighted by molar-refractivity contribution is -0.113. The predicted molar refractivity (Wildman–Crippen MR) is 111 cm³/mol. The standard InChI is InChI=1S/C20H17N3O6S/c1-28-18(26)11-7-12(19(27)29-2)9-13(8-11)21-16(24)10-30-20-22-15-6-4-3-5-14(15)17(25)23-20/h3-9H,10H2,1-2H3,(H,21,24)(H,22,23,25). The minimum Gasteiger partial charge on any atom is -0.465 e. The number of carbonyl (C=O) groups excluding carboxylic acids is 3. The van der Waals surface area contributed by atoms with Gasteiger partial charge in [0.15, 0.2) is 5.16 Å². The summed E-state index contributed by atoms with van der Waals surface area (Å²) in [5, 5.41) is 3.37. The average Bonchev–Trinajstić information content (AvgIpc) is 2.76. The maximum atomic E-state index is 12.4. The number of esters is 2. The van der Waals surface area contributed by atoms with Gasteiger partial charge in [0.05, 0.1) is 42.0 Å². The van der Waals surface area contributed by atoms with Gasteiger partial charge in [0.2, 0.25) is 5.91 Å². The van der Waals surface area contributed by atoms with Crippen LogP contribution in [-0.2, 0) is 14.3 Å². The van der Waals surface area contributed by atoms with Crippen LogP contribution in [0.3, 0.4) is 0 Å². The monoisotopic (exact) mass is 427 g/mol. The summed E-state index contributed by atoms with van der Waals surface area (Å²) in [7, 11) is 2.42. The Morgan fingerprint density at radius 1 is 1.03 bits per heavy atom. The minimum atomic E-state index is -0.663. The molecule has 2 N–H and O–H groups in total. The van der Waals surface area contributed by atoms with E-state index >= 15 is 0 Å². The number of fused-ring (bicyclic) bond motifs is 1. The van der Waals surface area contributed by atoms with Crippen molar-refractivity contribution in [1.29, 1.82) is 0 Å². The van der Waals surface area contributed by atoms with Crippen LogP contribution in [0.25, 0.3) is 10.9 Å². The third kappa shape index (κ3) is 4.84. The molecular weight excluding hydrogens is 410 g/mol. The third-order valence-electron chi connectivity index (χ3n) is 3.99. The van der Waals surface area contributed by atoms with Gasteiger partial charge in [-0.15, -0.1) is 0 Å². The van der Waals surface area contributed by atoms with E-state index in [9.17, 15) is 19.2 Å². The highest BCUT2D eigenvalue weighted by molar-refractivity contribution is 7.99. The highest BCUT2D eigenvalue weighted by Gasteiger charge is 2.15. The number of nitrogens with one attached hydrogen (secondary N) is 2. The number of methoxy groups -OCH3 is 2. The number of rotatable bonds is 6. The number of amides is 1. The molecule has 1 amide bonds. The van der Waals surface area contributed by atoms with Gasteiger partial charge in [-0.3, -0.25) is 9.59 Å². The summed E-state index contributed by atoms with van der Waals surface area (Å²) in [4.78, 5) is 55.1. The summed E-state index contributed by atoms with van der Waals surface area (Å²) >= 11 is 1.04. The fraction of sp³-hybridized carbons (Fsp3) is 0.150. The second-order valence-electron chi connectivity index (χ2n) is 6.01. The zero-order chi connectivity index (χ0) is 21.7. The van der Waals surface area contributed by atoms with Crippen molar-refractivity contribution in [2.45, 2.75) is 5.16 Å². The molecule has 0 spiro atoms. The van der Waals surface area contributed by atoms with Crippen molar-refractivity contribution in [3.63, 3.8) is 0 Å². The van der Waals surface area contributed by atoms with Crippen molar-refractivity contribution in [1.82, 2.24) is 9.97 Å². The minimum absolute atomic E-state index is 0.0582. The molecule has 3 aromatic rings. The van der Waals surface area contributed by atoms with E-state index in [0.29, 0.717) is 16.1 Å². The first-order valence-electron chi connectivity index (χ1n) is 8.64. The summed E-state index contributed by atoms with van der Waals surface area (Å²) in [6.45, 7) is 0. The Labute approximate surface area is 174 Å². The fourth-order valence-electron chi connectivity index (χ4n) is 2.64. The third-order valence-corrected chi connectivity index (χ3v) is 4.86. The Balaban J connectivity index is 1.75. The number of H-pyrrole nitrogens is 1. The van der Waals surface area contributed by atoms with Crippen molar-refractivity contribution in [2.75, 3.05) is 25.3 Å². The molecule has 1 heterocycles. The highest BCUT2D eigenvalue weighted by atomic mass is 32.2. The molecule has 0 aliphatic rings. The SMILES string of the molecule is COC(=O)c1cc(NC(=O)CSc2nc3ccccc3c(=O)[nH]2)cc(C(=O)OC)c1. The highest BCUT2D eigenvalue weighted by Crippen LogP contribution is 2.19. The number of carbonyl (C=O) groups is 3. The summed E-state index contributed by atoms with van der Waals surface area (Å²) in [6.07, 6.45) is 0. The van der Waals surface area contributed by atoms with E-state index in [2.05, 4.69) is 24.8 Å². The van der Waals surface area contributed by atoms with E-state index in [1.807, 2.05) is 0 Å². The molecular formula is C20H17N3O6S. The van der Waals surface area contributed by atoms with E-state index < -0.39 is 17.8 Å². The molecule has 0 atom stereocenters. The van der Waals surface area contributed by atoms with Crippen LogP contribution in [0.2, 0.25) is 0 Å². The number of aromatic nitrogens is 2. The summed E-state index contributed by atoms with van der Waals surface area (Å²) in [6, 6.07) is 11.0. The number of aromatic amines is 1. The molecule has 30 heavy (non-hydrogen) atoms. The number of nitrogens with zero attached hydrogens (tertiary/aromatic N) is 1. The van der Waals surface area contributed by atoms with E-state index in [-0.39, 0.29) is 28.1 Å². The van der Waals surface area contributed by atoms with Crippen LogP contribution >= 0.6 is 11.8 Å². The lowest BCUT2D eigenvalue weighted by Gasteiger charge is -2.09. The molecule has 10 heteroatoms. The number of anilines is 1. The van der Waals surface area contributed by atoms with Gasteiger partial charge in [-0.25, -0.2) is 14.6 Å². The second kappa shape index (κ2) is 9.23. The number of thioether (sulfide) groups is 1. The van der Waals surface area contributed by atoms with Crippen molar-refractivity contribution in [3.8, 4) is 0 Å². The molecule has 2 aromatic carbocycles. The van der Waals surface area contributed by atoms with E-state index in [1.165, 1.54) is 32.4 Å². The Morgan fingerprint density at radius 2 is 1.67 bits per heavy atom. The van der Waals surface area contributed by atoms with E-state index in [0.717, 1.165) is 11.8 Å².